The monoisotopic (exact) mass is 279 g/mol. The van der Waals surface area contributed by atoms with E-state index in [9.17, 15) is 4.79 Å². The van der Waals surface area contributed by atoms with Crippen molar-refractivity contribution in [2.75, 3.05) is 5.73 Å². The van der Waals surface area contributed by atoms with Crippen molar-refractivity contribution >= 4 is 23.1 Å². The molecule has 0 saturated heterocycles. The summed E-state index contributed by atoms with van der Waals surface area (Å²) in [4.78, 5) is 21.1. The lowest BCUT2D eigenvalue weighted by Crippen LogP contribution is -2.04. The molecule has 0 aliphatic heterocycles. The van der Waals surface area contributed by atoms with Gasteiger partial charge in [0.1, 0.15) is 0 Å². The minimum absolute atomic E-state index is 0.0307. The number of hydrogen-bond donors (Lipinski definition) is 1. The predicted octanol–water partition coefficient (Wildman–Crippen LogP) is 3.00. The average molecular weight is 279 g/mol. The Kier molecular flexibility index (Phi) is 2.25. The maximum Gasteiger partial charge on any atom is 0.221 e. The number of hydrogen-bond acceptors (Lipinski definition) is 5. The highest BCUT2D eigenvalue weighted by Crippen LogP contribution is 2.40. The number of fused-ring (bicyclic) bond motifs is 3. The Labute approximate surface area is 118 Å². The van der Waals surface area contributed by atoms with Crippen LogP contribution in [0.5, 0.6) is 0 Å². The van der Waals surface area contributed by atoms with Crippen LogP contribution in [0.4, 0.5) is 5.95 Å². The number of anilines is 1. The van der Waals surface area contributed by atoms with Gasteiger partial charge in [-0.25, -0.2) is 9.97 Å². The van der Waals surface area contributed by atoms with Gasteiger partial charge in [-0.15, -0.1) is 0 Å². The molecule has 0 fully saturated rings. The number of carbonyl (C=O) groups excluding carboxylic acids is 1. The zero-order chi connectivity index (χ0) is 13.7. The Balaban J connectivity index is 2.09. The highest BCUT2D eigenvalue weighted by Gasteiger charge is 2.32. The maximum atomic E-state index is 12.6. The molecule has 0 atom stereocenters. The van der Waals surface area contributed by atoms with Crippen LogP contribution in [0.3, 0.4) is 0 Å². The Morgan fingerprint density at radius 1 is 1.00 bits per heavy atom. The van der Waals surface area contributed by atoms with E-state index in [2.05, 4.69) is 9.97 Å². The summed E-state index contributed by atoms with van der Waals surface area (Å²) in [5, 5.41) is 3.91. The highest BCUT2D eigenvalue weighted by atomic mass is 32.1. The van der Waals surface area contributed by atoms with Crippen LogP contribution in [-0.2, 0) is 0 Å². The van der Waals surface area contributed by atoms with Crippen LogP contribution >= 0.6 is 11.3 Å². The third-order valence-corrected chi connectivity index (χ3v) is 4.06. The first kappa shape index (κ1) is 11.3. The highest BCUT2D eigenvalue weighted by molar-refractivity contribution is 7.08. The molecule has 1 aliphatic rings. The quantitative estimate of drug-likeness (QED) is 0.581. The number of nitrogen functional groups attached to an aromatic ring is 1. The minimum atomic E-state index is -0.0307. The smallest absolute Gasteiger partial charge is 0.221 e. The third-order valence-electron chi connectivity index (χ3n) is 3.37. The number of carbonyl (C=O) groups is 1. The van der Waals surface area contributed by atoms with Crippen molar-refractivity contribution in [3.63, 3.8) is 0 Å². The Hall–Kier alpha value is -2.53. The molecule has 96 valence electrons. The van der Waals surface area contributed by atoms with Crippen molar-refractivity contribution in [2.45, 2.75) is 0 Å². The van der Waals surface area contributed by atoms with E-state index in [-0.39, 0.29) is 11.7 Å². The maximum absolute atomic E-state index is 12.6. The van der Waals surface area contributed by atoms with Gasteiger partial charge in [-0.05, 0) is 11.4 Å². The van der Waals surface area contributed by atoms with Crippen molar-refractivity contribution in [3.05, 3.63) is 52.2 Å². The van der Waals surface area contributed by atoms with Gasteiger partial charge in [0.25, 0.3) is 0 Å². The third kappa shape index (κ3) is 1.44. The van der Waals surface area contributed by atoms with Gasteiger partial charge in [-0.3, -0.25) is 4.79 Å². The van der Waals surface area contributed by atoms with Crippen LogP contribution in [0.1, 0.15) is 15.9 Å². The van der Waals surface area contributed by atoms with Crippen molar-refractivity contribution in [3.8, 4) is 22.5 Å². The van der Waals surface area contributed by atoms with E-state index < -0.39 is 0 Å². The van der Waals surface area contributed by atoms with E-state index in [0.717, 1.165) is 11.1 Å². The minimum Gasteiger partial charge on any atom is -0.368 e. The number of aromatic nitrogens is 2. The van der Waals surface area contributed by atoms with Gasteiger partial charge in [0.15, 0.2) is 5.78 Å². The van der Waals surface area contributed by atoms with Gasteiger partial charge in [0.05, 0.1) is 17.0 Å². The molecule has 0 spiro atoms. The number of nitrogens with zero attached hydrogens (tertiary/aromatic N) is 2. The molecule has 1 aromatic carbocycles. The number of benzene rings is 1. The van der Waals surface area contributed by atoms with Gasteiger partial charge in [-0.2, -0.15) is 11.3 Å². The SMILES string of the molecule is Nc1nc(-c2ccsc2)c2c(n1)-c1ccccc1C2=O. The summed E-state index contributed by atoms with van der Waals surface area (Å²) in [6, 6.07) is 9.38. The fraction of sp³-hybridized carbons (Fsp3) is 0. The molecule has 0 bridgehead atoms. The Bertz CT molecular complexity index is 840. The topological polar surface area (TPSA) is 68.9 Å². The van der Waals surface area contributed by atoms with E-state index in [1.165, 1.54) is 0 Å². The van der Waals surface area contributed by atoms with Crippen LogP contribution in [-0.4, -0.2) is 15.8 Å². The molecule has 3 aromatic rings. The molecule has 0 radical (unpaired) electrons. The second kappa shape index (κ2) is 3.98. The molecule has 2 N–H and O–H groups in total. The lowest BCUT2D eigenvalue weighted by atomic mass is 10.1. The summed E-state index contributed by atoms with van der Waals surface area (Å²) < 4.78 is 0. The summed E-state index contributed by atoms with van der Waals surface area (Å²) in [5.41, 5.74) is 10.0. The summed E-state index contributed by atoms with van der Waals surface area (Å²) in [6.07, 6.45) is 0. The zero-order valence-electron chi connectivity index (χ0n) is 10.3. The molecular formula is C15H9N3OS. The van der Waals surface area contributed by atoms with Gasteiger partial charge < -0.3 is 5.73 Å². The standard InChI is InChI=1S/C15H9N3OS/c16-15-17-12(8-5-6-20-7-8)11-13(18-15)9-3-1-2-4-10(9)14(11)19/h1-7H,(H2,16,17,18). The van der Waals surface area contributed by atoms with Crippen molar-refractivity contribution in [1.82, 2.24) is 9.97 Å². The molecule has 2 aromatic heterocycles. The predicted molar refractivity (Wildman–Crippen MR) is 78.6 cm³/mol. The fourth-order valence-corrected chi connectivity index (χ4v) is 3.16. The molecule has 1 aliphatic carbocycles. The molecule has 0 amide bonds. The first-order valence-corrected chi connectivity index (χ1v) is 7.04. The zero-order valence-corrected chi connectivity index (χ0v) is 11.1. The molecule has 4 rings (SSSR count). The van der Waals surface area contributed by atoms with Crippen LogP contribution in [0.2, 0.25) is 0 Å². The van der Waals surface area contributed by atoms with Crippen molar-refractivity contribution in [1.29, 1.82) is 0 Å². The lowest BCUT2D eigenvalue weighted by molar-refractivity contribution is 0.104. The number of thiophene rings is 1. The van der Waals surface area contributed by atoms with Gasteiger partial charge in [0, 0.05) is 22.1 Å². The summed E-state index contributed by atoms with van der Waals surface area (Å²) >= 11 is 1.56. The van der Waals surface area contributed by atoms with E-state index in [4.69, 9.17) is 5.73 Å². The molecular weight excluding hydrogens is 270 g/mol. The van der Waals surface area contributed by atoms with Crippen LogP contribution < -0.4 is 5.73 Å². The van der Waals surface area contributed by atoms with Crippen LogP contribution in [0.15, 0.2) is 41.1 Å². The second-order valence-corrected chi connectivity index (χ2v) is 5.32. The first-order valence-electron chi connectivity index (χ1n) is 6.10. The fourth-order valence-electron chi connectivity index (χ4n) is 2.52. The lowest BCUT2D eigenvalue weighted by Gasteiger charge is -2.05. The molecule has 5 heteroatoms. The molecule has 20 heavy (non-hydrogen) atoms. The normalized spacial score (nSPS) is 12.3. The van der Waals surface area contributed by atoms with E-state index in [0.29, 0.717) is 22.5 Å². The molecule has 4 nitrogen and oxygen atoms in total. The van der Waals surface area contributed by atoms with Crippen molar-refractivity contribution in [2.24, 2.45) is 0 Å². The Morgan fingerprint density at radius 3 is 2.50 bits per heavy atom. The van der Waals surface area contributed by atoms with Crippen LogP contribution in [0.25, 0.3) is 22.5 Å². The van der Waals surface area contributed by atoms with Gasteiger partial charge in [-0.1, -0.05) is 24.3 Å². The van der Waals surface area contributed by atoms with E-state index in [1.807, 2.05) is 41.1 Å². The summed E-state index contributed by atoms with van der Waals surface area (Å²) in [7, 11) is 0. The van der Waals surface area contributed by atoms with Gasteiger partial charge in [0.2, 0.25) is 5.95 Å². The first-order chi connectivity index (χ1) is 9.75. The van der Waals surface area contributed by atoms with Crippen LogP contribution in [0, 0.1) is 0 Å². The van der Waals surface area contributed by atoms with Crippen molar-refractivity contribution < 1.29 is 4.79 Å². The second-order valence-electron chi connectivity index (χ2n) is 4.54. The molecule has 2 heterocycles. The largest absolute Gasteiger partial charge is 0.368 e. The molecule has 0 unspecified atom stereocenters. The summed E-state index contributed by atoms with van der Waals surface area (Å²) in [6.45, 7) is 0. The Morgan fingerprint density at radius 2 is 1.75 bits per heavy atom. The molecule has 0 saturated carbocycles. The van der Waals surface area contributed by atoms with E-state index in [1.54, 1.807) is 11.3 Å². The average Bonchev–Trinajstić information content (AvgIpc) is 3.07. The number of ketones is 1. The number of rotatable bonds is 1. The number of nitrogens with two attached hydrogens (primary N) is 1. The summed E-state index contributed by atoms with van der Waals surface area (Å²) in [5.74, 6) is 0.159. The van der Waals surface area contributed by atoms with Gasteiger partial charge >= 0.3 is 0 Å². The van der Waals surface area contributed by atoms with E-state index >= 15 is 0 Å².